The molecule has 0 aliphatic rings. The number of halogens is 1. The Bertz CT molecular complexity index is 952. The summed E-state index contributed by atoms with van der Waals surface area (Å²) in [6, 6.07) is 10.0. The number of carbonyl (C=O) groups excluding carboxylic acids is 2. The minimum Gasteiger partial charge on any atom is -0.466 e. The fourth-order valence-corrected chi connectivity index (χ4v) is 2.50. The fourth-order valence-electron chi connectivity index (χ4n) is 1.99. The Hall–Kier alpha value is -3.04. The van der Waals surface area contributed by atoms with Crippen LogP contribution in [0.2, 0.25) is 0 Å². The van der Waals surface area contributed by atoms with E-state index in [-0.39, 0.29) is 16.2 Å². The second kappa shape index (κ2) is 7.89. The quantitative estimate of drug-likeness (QED) is 0.603. The number of primary sulfonamides is 1. The molecule has 2 aromatic carbocycles. The number of nitrogens with two attached hydrogens (primary N) is 1. The van der Waals surface area contributed by atoms with E-state index >= 15 is 0 Å². The molecule has 0 aromatic heterocycles. The van der Waals surface area contributed by atoms with Crippen molar-refractivity contribution in [1.29, 1.82) is 0 Å². The van der Waals surface area contributed by atoms with Crippen molar-refractivity contribution in [2.24, 2.45) is 5.14 Å². The van der Waals surface area contributed by atoms with Crippen LogP contribution in [0.4, 0.5) is 4.39 Å². The van der Waals surface area contributed by atoms with Gasteiger partial charge in [-0.2, -0.15) is 0 Å². The van der Waals surface area contributed by atoms with Crippen LogP contribution in [0.3, 0.4) is 0 Å². The molecular formula is C17H15FN2O5S. The molecular weight excluding hydrogens is 363 g/mol. The summed E-state index contributed by atoms with van der Waals surface area (Å²) in [5.74, 6) is -1.80. The fraction of sp³-hybridized carbons (Fsp3) is 0.0588. The first-order valence-corrected chi connectivity index (χ1v) is 8.75. The van der Waals surface area contributed by atoms with E-state index < -0.39 is 27.7 Å². The molecule has 7 nitrogen and oxygen atoms in total. The first-order chi connectivity index (χ1) is 12.2. The predicted molar refractivity (Wildman–Crippen MR) is 91.7 cm³/mol. The number of ether oxygens (including phenoxy) is 1. The maximum atomic E-state index is 13.1. The van der Waals surface area contributed by atoms with E-state index in [1.807, 2.05) is 0 Å². The largest absolute Gasteiger partial charge is 0.466 e. The molecule has 0 radical (unpaired) electrons. The monoisotopic (exact) mass is 378 g/mol. The summed E-state index contributed by atoms with van der Waals surface area (Å²) < 4.78 is 40.1. The SMILES string of the molecule is COC(=O)/C=C(\NC(=O)c1ccc(S(N)(=O)=O)cc1)c1ccc(F)cc1. The average Bonchev–Trinajstić information content (AvgIpc) is 2.61. The molecule has 2 rings (SSSR count). The van der Waals surface area contributed by atoms with Crippen LogP contribution in [0.5, 0.6) is 0 Å². The number of amides is 1. The van der Waals surface area contributed by atoms with Crippen LogP contribution < -0.4 is 10.5 Å². The molecule has 0 fully saturated rings. The molecule has 0 saturated carbocycles. The van der Waals surface area contributed by atoms with Gasteiger partial charge in [0.05, 0.1) is 17.7 Å². The lowest BCUT2D eigenvalue weighted by molar-refractivity contribution is -0.134. The highest BCUT2D eigenvalue weighted by Gasteiger charge is 2.13. The summed E-state index contributed by atoms with van der Waals surface area (Å²) in [5.41, 5.74) is 0.610. The third-order valence-electron chi connectivity index (χ3n) is 3.31. The smallest absolute Gasteiger partial charge is 0.332 e. The van der Waals surface area contributed by atoms with E-state index in [1.54, 1.807) is 0 Å². The van der Waals surface area contributed by atoms with E-state index in [1.165, 1.54) is 55.6 Å². The van der Waals surface area contributed by atoms with Crippen molar-refractivity contribution in [3.05, 3.63) is 71.6 Å². The Labute approximate surface area is 149 Å². The van der Waals surface area contributed by atoms with Crippen LogP contribution in [-0.2, 0) is 19.6 Å². The molecule has 1 amide bonds. The van der Waals surface area contributed by atoms with Crippen LogP contribution in [0.25, 0.3) is 5.70 Å². The van der Waals surface area contributed by atoms with Crippen LogP contribution in [0.15, 0.2) is 59.5 Å². The second-order valence-electron chi connectivity index (χ2n) is 5.11. The molecule has 0 saturated heterocycles. The van der Waals surface area contributed by atoms with Gasteiger partial charge < -0.3 is 10.1 Å². The molecule has 0 aliphatic heterocycles. The van der Waals surface area contributed by atoms with E-state index in [4.69, 9.17) is 5.14 Å². The van der Waals surface area contributed by atoms with Gasteiger partial charge >= 0.3 is 5.97 Å². The zero-order chi connectivity index (χ0) is 19.3. The molecule has 0 spiro atoms. The summed E-state index contributed by atoms with van der Waals surface area (Å²) in [5, 5.41) is 7.51. The van der Waals surface area contributed by atoms with Crippen molar-refractivity contribution in [3.63, 3.8) is 0 Å². The third-order valence-corrected chi connectivity index (χ3v) is 4.24. The molecule has 136 valence electrons. The van der Waals surface area contributed by atoms with Crippen LogP contribution in [0.1, 0.15) is 15.9 Å². The summed E-state index contributed by atoms with van der Waals surface area (Å²) in [4.78, 5) is 23.8. The van der Waals surface area contributed by atoms with Crippen molar-refractivity contribution >= 4 is 27.6 Å². The number of rotatable bonds is 5. The first kappa shape index (κ1) is 19.3. The van der Waals surface area contributed by atoms with Crippen molar-refractivity contribution in [1.82, 2.24) is 5.32 Å². The Morgan fingerprint density at radius 2 is 1.58 bits per heavy atom. The molecule has 2 aromatic rings. The summed E-state index contributed by atoms with van der Waals surface area (Å²) in [7, 11) is -2.70. The molecule has 26 heavy (non-hydrogen) atoms. The zero-order valence-corrected chi connectivity index (χ0v) is 14.4. The number of hydrogen-bond acceptors (Lipinski definition) is 5. The maximum absolute atomic E-state index is 13.1. The summed E-state index contributed by atoms with van der Waals surface area (Å²) >= 11 is 0. The van der Waals surface area contributed by atoms with E-state index in [0.717, 1.165) is 6.08 Å². The highest BCUT2D eigenvalue weighted by molar-refractivity contribution is 7.89. The first-order valence-electron chi connectivity index (χ1n) is 7.20. The van der Waals surface area contributed by atoms with Gasteiger partial charge in [-0.1, -0.05) is 0 Å². The number of esters is 1. The molecule has 0 unspecified atom stereocenters. The Morgan fingerprint density at radius 3 is 2.08 bits per heavy atom. The third kappa shape index (κ3) is 4.98. The molecule has 0 bridgehead atoms. The molecule has 0 atom stereocenters. The van der Waals surface area contributed by atoms with Gasteiger partial charge in [0.1, 0.15) is 5.82 Å². The average molecular weight is 378 g/mol. The lowest BCUT2D eigenvalue weighted by Crippen LogP contribution is -2.23. The van der Waals surface area contributed by atoms with Crippen molar-refractivity contribution in [2.75, 3.05) is 7.11 Å². The zero-order valence-electron chi connectivity index (χ0n) is 13.6. The minimum atomic E-state index is -3.87. The summed E-state index contributed by atoms with van der Waals surface area (Å²) in [6.07, 6.45) is 1.05. The van der Waals surface area contributed by atoms with Crippen molar-refractivity contribution < 1.29 is 27.1 Å². The Kier molecular flexibility index (Phi) is 5.86. The number of methoxy groups -OCH3 is 1. The van der Waals surface area contributed by atoms with Gasteiger partial charge in [0.2, 0.25) is 10.0 Å². The predicted octanol–water partition coefficient (Wildman–Crippen LogP) is 1.42. The highest BCUT2D eigenvalue weighted by Crippen LogP contribution is 2.15. The Morgan fingerprint density at radius 1 is 1.04 bits per heavy atom. The second-order valence-corrected chi connectivity index (χ2v) is 6.67. The Balaban J connectivity index is 2.30. The van der Waals surface area contributed by atoms with Gasteiger partial charge in [0.25, 0.3) is 5.91 Å². The summed E-state index contributed by atoms with van der Waals surface area (Å²) in [6.45, 7) is 0. The number of nitrogens with one attached hydrogen (secondary N) is 1. The van der Waals surface area contributed by atoms with E-state index in [9.17, 15) is 22.4 Å². The van der Waals surface area contributed by atoms with Gasteiger partial charge in [-0.25, -0.2) is 22.7 Å². The van der Waals surface area contributed by atoms with E-state index in [2.05, 4.69) is 10.1 Å². The normalized spacial score (nSPS) is 11.7. The van der Waals surface area contributed by atoms with Gasteiger partial charge in [0, 0.05) is 11.6 Å². The molecule has 9 heteroatoms. The molecule has 3 N–H and O–H groups in total. The molecule has 0 heterocycles. The van der Waals surface area contributed by atoms with Crippen LogP contribution in [-0.4, -0.2) is 27.4 Å². The van der Waals surface area contributed by atoms with Gasteiger partial charge in [0.15, 0.2) is 0 Å². The number of carbonyl (C=O) groups is 2. The number of benzene rings is 2. The maximum Gasteiger partial charge on any atom is 0.332 e. The van der Waals surface area contributed by atoms with Gasteiger partial charge in [-0.05, 0) is 54.1 Å². The highest BCUT2D eigenvalue weighted by atomic mass is 32.2. The number of hydrogen-bond donors (Lipinski definition) is 2. The van der Waals surface area contributed by atoms with Gasteiger partial charge in [-0.3, -0.25) is 4.79 Å². The van der Waals surface area contributed by atoms with E-state index in [0.29, 0.717) is 5.56 Å². The lowest BCUT2D eigenvalue weighted by Gasteiger charge is -2.10. The minimum absolute atomic E-state index is 0.0948. The van der Waals surface area contributed by atoms with Crippen LogP contribution in [0, 0.1) is 5.82 Å². The standard InChI is InChI=1S/C17H15FN2O5S/c1-25-16(21)10-15(11-2-6-13(18)7-3-11)20-17(22)12-4-8-14(9-5-12)26(19,23)24/h2-10H,1H3,(H,20,22)(H2,19,23,24)/b15-10-. The topological polar surface area (TPSA) is 116 Å². The van der Waals surface area contributed by atoms with Crippen molar-refractivity contribution in [2.45, 2.75) is 4.90 Å². The number of sulfonamides is 1. The van der Waals surface area contributed by atoms with Gasteiger partial charge in [-0.15, -0.1) is 0 Å². The molecule has 0 aliphatic carbocycles. The van der Waals surface area contributed by atoms with Crippen LogP contribution >= 0.6 is 0 Å². The van der Waals surface area contributed by atoms with Crippen molar-refractivity contribution in [3.8, 4) is 0 Å². The lowest BCUT2D eigenvalue weighted by atomic mass is 10.1.